The Morgan fingerprint density at radius 2 is 1.69 bits per heavy atom. The quantitative estimate of drug-likeness (QED) is 0.528. The van der Waals surface area contributed by atoms with Crippen LogP contribution in [0.4, 0.5) is 8.78 Å². The zero-order valence-corrected chi connectivity index (χ0v) is 14.4. The molecule has 0 radical (unpaired) electrons. The van der Waals surface area contributed by atoms with E-state index in [1.165, 1.54) is 31.2 Å². The summed E-state index contributed by atoms with van der Waals surface area (Å²) >= 11 is 0. The van der Waals surface area contributed by atoms with Gasteiger partial charge in [-0.05, 0) is 44.2 Å². The van der Waals surface area contributed by atoms with E-state index >= 15 is 0 Å². The van der Waals surface area contributed by atoms with Gasteiger partial charge >= 0.3 is 5.97 Å². The number of halogens is 2. The summed E-state index contributed by atoms with van der Waals surface area (Å²) in [4.78, 5) is 23.0. The van der Waals surface area contributed by atoms with E-state index in [9.17, 15) is 18.4 Å². The van der Waals surface area contributed by atoms with Crippen molar-refractivity contribution in [1.29, 1.82) is 0 Å². The van der Waals surface area contributed by atoms with Crippen molar-refractivity contribution in [3.63, 3.8) is 0 Å². The molecule has 0 heterocycles. The SMILES string of the molecule is CCOC(=O)COc1cc(C(C)=O)ccc1OCc1c(F)cccc1F. The molecule has 0 aromatic heterocycles. The fraction of sp³-hybridized carbons (Fsp3) is 0.263. The van der Waals surface area contributed by atoms with Crippen LogP contribution >= 0.6 is 0 Å². The van der Waals surface area contributed by atoms with Crippen LogP contribution in [0, 0.1) is 11.6 Å². The second-order valence-electron chi connectivity index (χ2n) is 5.30. The minimum atomic E-state index is -0.737. The zero-order valence-electron chi connectivity index (χ0n) is 14.4. The lowest BCUT2D eigenvalue weighted by molar-refractivity contribution is -0.145. The van der Waals surface area contributed by atoms with E-state index in [2.05, 4.69) is 0 Å². The Balaban J connectivity index is 2.20. The van der Waals surface area contributed by atoms with Crippen molar-refractivity contribution in [1.82, 2.24) is 0 Å². The highest BCUT2D eigenvalue weighted by atomic mass is 19.1. The first-order valence-electron chi connectivity index (χ1n) is 7.91. The summed E-state index contributed by atoms with van der Waals surface area (Å²) < 4.78 is 43.0. The monoisotopic (exact) mass is 364 g/mol. The molecule has 26 heavy (non-hydrogen) atoms. The summed E-state index contributed by atoms with van der Waals surface area (Å²) in [5.41, 5.74) is 0.104. The van der Waals surface area contributed by atoms with Crippen LogP contribution < -0.4 is 9.47 Å². The van der Waals surface area contributed by atoms with Crippen molar-refractivity contribution < 1.29 is 32.6 Å². The van der Waals surface area contributed by atoms with Gasteiger partial charge in [-0.3, -0.25) is 4.79 Å². The molecule has 0 saturated carbocycles. The average molecular weight is 364 g/mol. The Morgan fingerprint density at radius 3 is 2.31 bits per heavy atom. The first-order chi connectivity index (χ1) is 12.4. The number of carbonyl (C=O) groups is 2. The second-order valence-corrected chi connectivity index (χ2v) is 5.30. The summed E-state index contributed by atoms with van der Waals surface area (Å²) in [6.07, 6.45) is 0. The molecule has 0 unspecified atom stereocenters. The summed E-state index contributed by atoms with van der Waals surface area (Å²) in [6, 6.07) is 7.83. The van der Waals surface area contributed by atoms with Gasteiger partial charge in [0, 0.05) is 5.56 Å². The number of ether oxygens (including phenoxy) is 3. The molecule has 0 N–H and O–H groups in total. The highest BCUT2D eigenvalue weighted by Crippen LogP contribution is 2.30. The van der Waals surface area contributed by atoms with E-state index in [0.29, 0.717) is 5.56 Å². The molecule has 0 fully saturated rings. The highest BCUT2D eigenvalue weighted by molar-refractivity contribution is 5.94. The molecule has 0 amide bonds. The van der Waals surface area contributed by atoms with Crippen LogP contribution in [0.1, 0.15) is 29.8 Å². The van der Waals surface area contributed by atoms with E-state index in [1.807, 2.05) is 0 Å². The molecule has 5 nitrogen and oxygen atoms in total. The van der Waals surface area contributed by atoms with Crippen LogP contribution in [0.25, 0.3) is 0 Å². The summed E-state index contributed by atoms with van der Waals surface area (Å²) in [5, 5.41) is 0. The topological polar surface area (TPSA) is 61.8 Å². The lowest BCUT2D eigenvalue weighted by Crippen LogP contribution is -2.15. The fourth-order valence-corrected chi connectivity index (χ4v) is 2.12. The van der Waals surface area contributed by atoms with E-state index < -0.39 is 17.6 Å². The van der Waals surface area contributed by atoms with Gasteiger partial charge in [0.2, 0.25) is 0 Å². The summed E-state index contributed by atoms with van der Waals surface area (Å²) in [6.45, 7) is 2.46. The molecule has 0 saturated heterocycles. The molecule has 138 valence electrons. The first kappa shape index (κ1) is 19.4. The molecule has 0 aliphatic rings. The number of ketones is 1. The highest BCUT2D eigenvalue weighted by Gasteiger charge is 2.14. The van der Waals surface area contributed by atoms with Crippen LogP contribution in [0.5, 0.6) is 11.5 Å². The lowest BCUT2D eigenvalue weighted by Gasteiger charge is -2.14. The zero-order chi connectivity index (χ0) is 19.1. The second kappa shape index (κ2) is 8.94. The average Bonchev–Trinajstić information content (AvgIpc) is 2.60. The van der Waals surface area contributed by atoms with Gasteiger partial charge in [-0.25, -0.2) is 13.6 Å². The minimum Gasteiger partial charge on any atom is -0.485 e. The van der Waals surface area contributed by atoms with Gasteiger partial charge in [0.25, 0.3) is 0 Å². The standard InChI is InChI=1S/C19H18F2O5/c1-3-24-19(23)11-26-18-9-13(12(2)22)7-8-17(18)25-10-14-15(20)5-4-6-16(14)21/h4-9H,3,10-11H2,1-2H3. The number of carbonyl (C=O) groups excluding carboxylic acids is 2. The molecule has 0 aliphatic heterocycles. The predicted octanol–water partition coefficient (Wildman–Crippen LogP) is 3.69. The van der Waals surface area contributed by atoms with Crippen LogP contribution in [-0.4, -0.2) is 25.0 Å². The Labute approximate surface area is 149 Å². The van der Waals surface area contributed by atoms with E-state index in [-0.39, 0.29) is 42.7 Å². The number of Topliss-reactive ketones (excluding diaryl/α,β-unsaturated/α-hetero) is 1. The maximum Gasteiger partial charge on any atom is 0.344 e. The molecule has 7 heteroatoms. The van der Waals surface area contributed by atoms with Crippen molar-refractivity contribution in [2.75, 3.05) is 13.2 Å². The molecule has 2 rings (SSSR count). The van der Waals surface area contributed by atoms with E-state index in [4.69, 9.17) is 14.2 Å². The Kier molecular flexibility index (Phi) is 6.66. The van der Waals surface area contributed by atoms with Gasteiger partial charge in [0.15, 0.2) is 23.9 Å². The van der Waals surface area contributed by atoms with Gasteiger partial charge in [-0.1, -0.05) is 6.07 Å². The molecule has 0 atom stereocenters. The molecular formula is C19H18F2O5. The number of rotatable bonds is 8. The molecule has 0 aliphatic carbocycles. The fourth-order valence-electron chi connectivity index (χ4n) is 2.12. The third kappa shape index (κ3) is 5.02. The van der Waals surface area contributed by atoms with Crippen molar-refractivity contribution in [2.24, 2.45) is 0 Å². The third-order valence-electron chi connectivity index (χ3n) is 3.43. The molecule has 2 aromatic carbocycles. The van der Waals surface area contributed by atoms with Crippen LogP contribution in [0.3, 0.4) is 0 Å². The van der Waals surface area contributed by atoms with E-state index in [1.54, 1.807) is 6.92 Å². The number of benzene rings is 2. The van der Waals surface area contributed by atoms with Crippen molar-refractivity contribution in [3.05, 3.63) is 59.2 Å². The van der Waals surface area contributed by atoms with Crippen LogP contribution in [0.15, 0.2) is 36.4 Å². The first-order valence-corrected chi connectivity index (χ1v) is 7.91. The maximum atomic E-state index is 13.7. The lowest BCUT2D eigenvalue weighted by atomic mass is 10.1. The minimum absolute atomic E-state index is 0.0995. The smallest absolute Gasteiger partial charge is 0.344 e. The Morgan fingerprint density at radius 1 is 1.00 bits per heavy atom. The van der Waals surface area contributed by atoms with Gasteiger partial charge in [-0.15, -0.1) is 0 Å². The Bertz CT molecular complexity index is 784. The van der Waals surface area contributed by atoms with Gasteiger partial charge in [-0.2, -0.15) is 0 Å². The number of hydrogen-bond donors (Lipinski definition) is 0. The number of esters is 1. The van der Waals surface area contributed by atoms with Gasteiger partial charge in [0.05, 0.1) is 12.2 Å². The summed E-state index contributed by atoms with van der Waals surface area (Å²) in [5.74, 6) is -2.03. The largest absolute Gasteiger partial charge is 0.485 e. The van der Waals surface area contributed by atoms with Crippen LogP contribution in [-0.2, 0) is 16.1 Å². The normalized spacial score (nSPS) is 10.3. The maximum absolute atomic E-state index is 13.7. The van der Waals surface area contributed by atoms with Crippen molar-refractivity contribution in [2.45, 2.75) is 20.5 Å². The van der Waals surface area contributed by atoms with Gasteiger partial charge in [0.1, 0.15) is 18.2 Å². The van der Waals surface area contributed by atoms with Crippen LogP contribution in [0.2, 0.25) is 0 Å². The molecule has 0 bridgehead atoms. The molecule has 0 spiro atoms. The molecule has 2 aromatic rings. The van der Waals surface area contributed by atoms with Crippen molar-refractivity contribution in [3.8, 4) is 11.5 Å². The van der Waals surface area contributed by atoms with E-state index in [0.717, 1.165) is 12.1 Å². The number of hydrogen-bond acceptors (Lipinski definition) is 5. The van der Waals surface area contributed by atoms with Crippen molar-refractivity contribution >= 4 is 11.8 Å². The third-order valence-corrected chi connectivity index (χ3v) is 3.43. The predicted molar refractivity (Wildman–Crippen MR) is 89.3 cm³/mol. The molecular weight excluding hydrogens is 346 g/mol. The summed E-state index contributed by atoms with van der Waals surface area (Å²) in [7, 11) is 0. The van der Waals surface area contributed by atoms with Gasteiger partial charge < -0.3 is 14.2 Å². The Hall–Kier alpha value is -2.96.